The van der Waals surface area contributed by atoms with Gasteiger partial charge in [0.15, 0.2) is 0 Å². The first kappa shape index (κ1) is 15.7. The van der Waals surface area contributed by atoms with Gasteiger partial charge in [0.05, 0.1) is 12.6 Å². The van der Waals surface area contributed by atoms with Crippen molar-refractivity contribution < 1.29 is 4.42 Å². The number of unbranched alkanes of at least 4 members (excludes halogenated alkanes) is 3. The Morgan fingerprint density at radius 1 is 1.16 bits per heavy atom. The summed E-state index contributed by atoms with van der Waals surface area (Å²) in [6, 6.07) is 0. The minimum Gasteiger partial charge on any atom is -0.436 e. The van der Waals surface area contributed by atoms with E-state index in [9.17, 15) is 0 Å². The van der Waals surface area contributed by atoms with Crippen molar-refractivity contribution in [3.8, 4) is 23.7 Å². The van der Waals surface area contributed by atoms with Gasteiger partial charge < -0.3 is 4.42 Å². The summed E-state index contributed by atoms with van der Waals surface area (Å²) in [5.41, 5.74) is 0. The first-order valence-electron chi connectivity index (χ1n) is 6.90. The molecule has 0 aliphatic carbocycles. The SMILES string of the molecule is CCCCC#CC#CCc1cnc(SCCCC)o1. The lowest BCUT2D eigenvalue weighted by atomic mass is 10.2. The van der Waals surface area contributed by atoms with Gasteiger partial charge in [-0.3, -0.25) is 0 Å². The van der Waals surface area contributed by atoms with Gasteiger partial charge in [-0.05, 0) is 24.7 Å². The smallest absolute Gasteiger partial charge is 0.255 e. The molecule has 1 rings (SSSR count). The van der Waals surface area contributed by atoms with Gasteiger partial charge in [-0.15, -0.1) is 0 Å². The van der Waals surface area contributed by atoms with E-state index in [4.69, 9.17) is 4.42 Å². The van der Waals surface area contributed by atoms with Gasteiger partial charge in [0.2, 0.25) is 0 Å². The highest BCUT2D eigenvalue weighted by Crippen LogP contribution is 2.18. The van der Waals surface area contributed by atoms with E-state index in [-0.39, 0.29) is 0 Å². The molecule has 0 radical (unpaired) electrons. The Hall–Kier alpha value is -1.32. The predicted octanol–water partition coefficient (Wildman–Crippen LogP) is 4.31. The van der Waals surface area contributed by atoms with Crippen LogP contribution in [0.2, 0.25) is 0 Å². The molecule has 0 saturated carbocycles. The average molecular weight is 275 g/mol. The molecule has 2 nitrogen and oxygen atoms in total. The molecule has 3 heteroatoms. The van der Waals surface area contributed by atoms with Gasteiger partial charge in [0, 0.05) is 12.2 Å². The molecule has 0 spiro atoms. The molecular formula is C16H21NOS. The van der Waals surface area contributed by atoms with Gasteiger partial charge in [-0.25, -0.2) is 4.98 Å². The molecule has 0 aliphatic rings. The summed E-state index contributed by atoms with van der Waals surface area (Å²) >= 11 is 1.66. The van der Waals surface area contributed by atoms with Crippen LogP contribution in [-0.2, 0) is 6.42 Å². The molecular weight excluding hydrogens is 254 g/mol. The fourth-order valence-electron chi connectivity index (χ4n) is 1.29. The summed E-state index contributed by atoms with van der Waals surface area (Å²) in [4.78, 5) is 4.22. The molecule has 0 fully saturated rings. The van der Waals surface area contributed by atoms with Crippen LogP contribution >= 0.6 is 11.8 Å². The fourth-order valence-corrected chi connectivity index (χ4v) is 2.19. The van der Waals surface area contributed by atoms with E-state index in [1.807, 2.05) is 0 Å². The Labute approximate surface area is 120 Å². The molecule has 19 heavy (non-hydrogen) atoms. The Morgan fingerprint density at radius 3 is 2.74 bits per heavy atom. The lowest BCUT2D eigenvalue weighted by Crippen LogP contribution is -1.77. The normalized spacial score (nSPS) is 9.37. The maximum atomic E-state index is 5.58. The zero-order valence-corrected chi connectivity index (χ0v) is 12.6. The van der Waals surface area contributed by atoms with Crippen LogP contribution < -0.4 is 0 Å². The first-order valence-corrected chi connectivity index (χ1v) is 7.88. The maximum absolute atomic E-state index is 5.58. The molecule has 0 N–H and O–H groups in total. The van der Waals surface area contributed by atoms with E-state index >= 15 is 0 Å². The molecule has 0 aliphatic heterocycles. The van der Waals surface area contributed by atoms with Gasteiger partial charge >= 0.3 is 0 Å². The minimum absolute atomic E-state index is 0.587. The number of hydrogen-bond acceptors (Lipinski definition) is 3. The zero-order chi connectivity index (χ0) is 13.8. The van der Waals surface area contributed by atoms with Crippen molar-refractivity contribution >= 4 is 11.8 Å². The Bertz CT molecular complexity index is 470. The molecule has 0 unspecified atom stereocenters. The summed E-state index contributed by atoms with van der Waals surface area (Å²) in [6.45, 7) is 4.34. The largest absolute Gasteiger partial charge is 0.436 e. The van der Waals surface area contributed by atoms with Crippen molar-refractivity contribution in [2.75, 3.05) is 5.75 Å². The minimum atomic E-state index is 0.587. The van der Waals surface area contributed by atoms with Crippen molar-refractivity contribution in [2.24, 2.45) is 0 Å². The highest BCUT2D eigenvalue weighted by atomic mass is 32.2. The van der Waals surface area contributed by atoms with Crippen molar-refractivity contribution in [2.45, 2.75) is 57.6 Å². The van der Waals surface area contributed by atoms with Crippen molar-refractivity contribution in [1.29, 1.82) is 0 Å². The van der Waals surface area contributed by atoms with Crippen LogP contribution in [0.25, 0.3) is 0 Å². The second-order valence-electron chi connectivity index (χ2n) is 4.18. The third-order valence-electron chi connectivity index (χ3n) is 2.41. The standard InChI is InChI=1S/C16H21NOS/c1-3-5-7-8-9-10-11-12-15-14-17-16(18-15)19-13-6-4-2/h14H,3-7,12-13H2,1-2H3. The van der Waals surface area contributed by atoms with Crippen LogP contribution in [0.3, 0.4) is 0 Å². The number of rotatable bonds is 7. The highest BCUT2D eigenvalue weighted by molar-refractivity contribution is 7.99. The van der Waals surface area contributed by atoms with Crippen LogP contribution in [0.1, 0.15) is 51.7 Å². The lowest BCUT2D eigenvalue weighted by Gasteiger charge is -1.92. The average Bonchev–Trinajstić information content (AvgIpc) is 2.86. The van der Waals surface area contributed by atoms with Crippen molar-refractivity contribution in [1.82, 2.24) is 4.98 Å². The molecule has 0 saturated heterocycles. The van der Waals surface area contributed by atoms with Crippen molar-refractivity contribution in [3.05, 3.63) is 12.0 Å². The van der Waals surface area contributed by atoms with E-state index in [1.165, 1.54) is 19.3 Å². The topological polar surface area (TPSA) is 26.0 Å². The molecule has 1 aromatic rings. The number of thioether (sulfide) groups is 1. The van der Waals surface area contributed by atoms with Crippen molar-refractivity contribution in [3.63, 3.8) is 0 Å². The number of hydrogen-bond donors (Lipinski definition) is 0. The van der Waals surface area contributed by atoms with E-state index in [0.29, 0.717) is 6.42 Å². The summed E-state index contributed by atoms with van der Waals surface area (Å²) < 4.78 is 5.58. The van der Waals surface area contributed by atoms with E-state index in [0.717, 1.165) is 29.6 Å². The molecule has 0 aromatic carbocycles. The van der Waals surface area contributed by atoms with E-state index < -0.39 is 0 Å². The summed E-state index contributed by atoms with van der Waals surface area (Å²) in [7, 11) is 0. The quantitative estimate of drug-likeness (QED) is 0.421. The van der Waals surface area contributed by atoms with E-state index in [1.54, 1.807) is 18.0 Å². The van der Waals surface area contributed by atoms with Crippen LogP contribution in [0.5, 0.6) is 0 Å². The van der Waals surface area contributed by atoms with E-state index in [2.05, 4.69) is 42.5 Å². The zero-order valence-electron chi connectivity index (χ0n) is 11.8. The molecule has 1 heterocycles. The molecule has 0 bridgehead atoms. The van der Waals surface area contributed by atoms with Gasteiger partial charge in [-0.2, -0.15) is 0 Å². The summed E-state index contributed by atoms with van der Waals surface area (Å²) in [5.74, 6) is 13.6. The predicted molar refractivity (Wildman–Crippen MR) is 80.9 cm³/mol. The fraction of sp³-hybridized carbons (Fsp3) is 0.562. The van der Waals surface area contributed by atoms with Crippen LogP contribution in [-0.4, -0.2) is 10.7 Å². The van der Waals surface area contributed by atoms with Gasteiger partial charge in [0.1, 0.15) is 5.76 Å². The molecule has 0 amide bonds. The summed E-state index contributed by atoms with van der Waals surface area (Å²) in [5, 5.41) is 0.749. The number of nitrogens with zero attached hydrogens (tertiary/aromatic N) is 1. The Morgan fingerprint density at radius 2 is 1.95 bits per heavy atom. The van der Waals surface area contributed by atoms with Gasteiger partial charge in [-0.1, -0.05) is 50.3 Å². The number of aromatic nitrogens is 1. The maximum Gasteiger partial charge on any atom is 0.255 e. The lowest BCUT2D eigenvalue weighted by molar-refractivity contribution is 0.425. The molecule has 0 atom stereocenters. The van der Waals surface area contributed by atoms with Crippen LogP contribution in [0.15, 0.2) is 15.8 Å². The second kappa shape index (κ2) is 10.6. The van der Waals surface area contributed by atoms with Crippen LogP contribution in [0, 0.1) is 23.7 Å². The second-order valence-corrected chi connectivity index (χ2v) is 5.22. The summed E-state index contributed by atoms with van der Waals surface area (Å²) in [6.07, 6.45) is 8.00. The van der Waals surface area contributed by atoms with Gasteiger partial charge in [0.25, 0.3) is 5.22 Å². The molecule has 102 valence electrons. The monoisotopic (exact) mass is 275 g/mol. The molecule has 1 aromatic heterocycles. The number of oxazole rings is 1. The van der Waals surface area contributed by atoms with Crippen LogP contribution in [0.4, 0.5) is 0 Å². The third-order valence-corrected chi connectivity index (χ3v) is 3.34. The Kier molecular flexibility index (Phi) is 8.77. The third kappa shape index (κ3) is 7.65. The first-order chi connectivity index (χ1) is 9.36. The highest BCUT2D eigenvalue weighted by Gasteiger charge is 2.02. The Balaban J connectivity index is 2.29.